The molecule has 1 aromatic carbocycles. The fourth-order valence-corrected chi connectivity index (χ4v) is 3.01. The van der Waals surface area contributed by atoms with Gasteiger partial charge in [0.05, 0.1) is 0 Å². The number of fused-ring (bicyclic) bond motifs is 1. The molecule has 1 fully saturated rings. The van der Waals surface area contributed by atoms with Gasteiger partial charge in [-0.05, 0) is 50.2 Å². The van der Waals surface area contributed by atoms with E-state index in [-0.39, 0.29) is 5.91 Å². The van der Waals surface area contributed by atoms with Crippen LogP contribution in [0.5, 0.6) is 0 Å². The Morgan fingerprint density at radius 3 is 3.14 bits per heavy atom. The Labute approximate surface area is 124 Å². The molecule has 0 bridgehead atoms. The quantitative estimate of drug-likeness (QED) is 0.846. The van der Waals surface area contributed by atoms with E-state index in [1.807, 2.05) is 6.07 Å². The van der Waals surface area contributed by atoms with Crippen LogP contribution in [0.3, 0.4) is 0 Å². The number of hydrogen-bond donors (Lipinski definition) is 2. The summed E-state index contributed by atoms with van der Waals surface area (Å²) in [6.45, 7) is 4.99. The number of nitrogens with two attached hydrogens (primary N) is 1. The molecule has 5 heteroatoms. The van der Waals surface area contributed by atoms with Crippen molar-refractivity contribution in [3.05, 3.63) is 30.0 Å². The monoisotopic (exact) mass is 287 g/mol. The van der Waals surface area contributed by atoms with Crippen LogP contribution in [0.25, 0.3) is 11.0 Å². The topological polar surface area (TPSA) is 71.5 Å². The highest BCUT2D eigenvalue weighted by Crippen LogP contribution is 2.22. The second kappa shape index (κ2) is 5.77. The Morgan fingerprint density at radius 1 is 1.48 bits per heavy atom. The summed E-state index contributed by atoms with van der Waals surface area (Å²) >= 11 is 0. The average Bonchev–Trinajstić information content (AvgIpc) is 3.10. The maximum Gasteiger partial charge on any atom is 0.287 e. The van der Waals surface area contributed by atoms with E-state index in [2.05, 4.69) is 17.1 Å². The van der Waals surface area contributed by atoms with Gasteiger partial charge in [-0.1, -0.05) is 6.92 Å². The number of nitrogens with one attached hydrogen (secondary N) is 1. The van der Waals surface area contributed by atoms with E-state index >= 15 is 0 Å². The number of rotatable bonds is 4. The van der Waals surface area contributed by atoms with Crippen molar-refractivity contribution in [1.82, 2.24) is 10.2 Å². The summed E-state index contributed by atoms with van der Waals surface area (Å²) in [4.78, 5) is 14.6. The average molecular weight is 287 g/mol. The molecule has 0 aliphatic carbocycles. The number of anilines is 1. The molecule has 1 unspecified atom stereocenters. The second-order valence-corrected chi connectivity index (χ2v) is 5.54. The zero-order chi connectivity index (χ0) is 14.8. The van der Waals surface area contributed by atoms with Crippen molar-refractivity contribution in [3.8, 4) is 0 Å². The number of likely N-dealkylation sites (N-methyl/N-ethyl adjacent to an activating group) is 1. The molecule has 0 saturated carbocycles. The van der Waals surface area contributed by atoms with Crippen molar-refractivity contribution in [1.29, 1.82) is 0 Å². The van der Waals surface area contributed by atoms with Gasteiger partial charge in [-0.25, -0.2) is 0 Å². The second-order valence-electron chi connectivity index (χ2n) is 5.54. The van der Waals surface area contributed by atoms with Crippen LogP contribution in [0.1, 0.15) is 30.3 Å². The van der Waals surface area contributed by atoms with E-state index in [1.165, 1.54) is 6.42 Å². The highest BCUT2D eigenvalue weighted by molar-refractivity contribution is 5.96. The van der Waals surface area contributed by atoms with E-state index in [0.29, 0.717) is 29.6 Å². The lowest BCUT2D eigenvalue weighted by atomic mass is 10.2. The third-order valence-corrected chi connectivity index (χ3v) is 4.17. The minimum absolute atomic E-state index is 0.160. The number of carbonyl (C=O) groups excluding carboxylic acids is 1. The number of likely N-dealkylation sites (tertiary alicyclic amines) is 1. The molecule has 21 heavy (non-hydrogen) atoms. The van der Waals surface area contributed by atoms with Gasteiger partial charge < -0.3 is 15.5 Å². The van der Waals surface area contributed by atoms with Crippen molar-refractivity contribution >= 4 is 22.6 Å². The van der Waals surface area contributed by atoms with Crippen molar-refractivity contribution < 1.29 is 9.21 Å². The molecular formula is C16H21N3O2. The van der Waals surface area contributed by atoms with Crippen LogP contribution in [-0.4, -0.2) is 36.5 Å². The number of furan rings is 1. The molecule has 2 heterocycles. The van der Waals surface area contributed by atoms with Gasteiger partial charge in [0.2, 0.25) is 0 Å². The van der Waals surface area contributed by atoms with Crippen molar-refractivity contribution in [2.24, 2.45) is 0 Å². The normalized spacial score (nSPS) is 19.2. The maximum atomic E-state index is 12.2. The van der Waals surface area contributed by atoms with Crippen LogP contribution in [0.4, 0.5) is 5.69 Å². The Balaban J connectivity index is 1.66. The number of amides is 1. The number of nitrogen functional groups attached to an aromatic ring is 1. The molecule has 1 aromatic heterocycles. The molecule has 2 aromatic rings. The fraction of sp³-hybridized carbons (Fsp3) is 0.438. The summed E-state index contributed by atoms with van der Waals surface area (Å²) in [5.41, 5.74) is 7.09. The van der Waals surface area contributed by atoms with E-state index in [1.54, 1.807) is 18.2 Å². The van der Waals surface area contributed by atoms with Crippen LogP contribution in [0, 0.1) is 0 Å². The zero-order valence-corrected chi connectivity index (χ0v) is 12.3. The molecule has 1 amide bonds. The van der Waals surface area contributed by atoms with E-state index in [9.17, 15) is 4.79 Å². The molecule has 1 atom stereocenters. The van der Waals surface area contributed by atoms with Crippen LogP contribution in [-0.2, 0) is 0 Å². The summed E-state index contributed by atoms with van der Waals surface area (Å²) < 4.78 is 5.57. The molecule has 112 valence electrons. The first-order valence-electron chi connectivity index (χ1n) is 7.48. The molecule has 3 N–H and O–H groups in total. The number of carbonyl (C=O) groups is 1. The van der Waals surface area contributed by atoms with Gasteiger partial charge in [0.25, 0.3) is 5.91 Å². The Bertz CT molecular complexity index is 650. The summed E-state index contributed by atoms with van der Waals surface area (Å²) in [7, 11) is 0. The third-order valence-electron chi connectivity index (χ3n) is 4.17. The van der Waals surface area contributed by atoms with Crippen LogP contribution in [0.2, 0.25) is 0 Å². The Kier molecular flexibility index (Phi) is 3.84. The van der Waals surface area contributed by atoms with Gasteiger partial charge >= 0.3 is 0 Å². The predicted molar refractivity (Wildman–Crippen MR) is 83.2 cm³/mol. The number of hydrogen-bond acceptors (Lipinski definition) is 4. The molecule has 0 spiro atoms. The van der Waals surface area contributed by atoms with Gasteiger partial charge in [0.15, 0.2) is 5.76 Å². The van der Waals surface area contributed by atoms with Gasteiger partial charge in [-0.3, -0.25) is 9.69 Å². The van der Waals surface area contributed by atoms with Gasteiger partial charge in [-0.2, -0.15) is 0 Å². The molecular weight excluding hydrogens is 266 g/mol. The van der Waals surface area contributed by atoms with Crippen LogP contribution in [0.15, 0.2) is 28.7 Å². The van der Waals surface area contributed by atoms with Crippen LogP contribution < -0.4 is 11.1 Å². The molecule has 1 saturated heterocycles. The fourth-order valence-electron chi connectivity index (χ4n) is 3.01. The van der Waals surface area contributed by atoms with Gasteiger partial charge in [0, 0.05) is 23.7 Å². The third kappa shape index (κ3) is 2.88. The van der Waals surface area contributed by atoms with E-state index in [4.69, 9.17) is 10.2 Å². The Hall–Kier alpha value is -2.01. The molecule has 1 aliphatic heterocycles. The van der Waals surface area contributed by atoms with Gasteiger partial charge in [-0.15, -0.1) is 0 Å². The molecule has 3 rings (SSSR count). The van der Waals surface area contributed by atoms with Crippen molar-refractivity contribution in [3.63, 3.8) is 0 Å². The summed E-state index contributed by atoms with van der Waals surface area (Å²) in [6.07, 6.45) is 2.35. The summed E-state index contributed by atoms with van der Waals surface area (Å²) in [5.74, 6) is 0.185. The lowest BCUT2D eigenvalue weighted by Gasteiger charge is -2.22. The standard InChI is InChI=1S/C16H21N3O2/c1-2-19-7-3-4-13(19)10-18-16(20)15-9-11-8-12(17)5-6-14(11)21-15/h5-6,8-9,13H,2-4,7,10,17H2,1H3,(H,18,20). The number of nitrogens with zero attached hydrogens (tertiary/aromatic N) is 1. The van der Waals surface area contributed by atoms with Crippen molar-refractivity contribution in [2.45, 2.75) is 25.8 Å². The highest BCUT2D eigenvalue weighted by Gasteiger charge is 2.23. The summed E-state index contributed by atoms with van der Waals surface area (Å²) in [6, 6.07) is 7.56. The summed E-state index contributed by atoms with van der Waals surface area (Å²) in [5, 5.41) is 3.83. The minimum atomic E-state index is -0.160. The first-order chi connectivity index (χ1) is 10.2. The SMILES string of the molecule is CCN1CCCC1CNC(=O)c1cc2cc(N)ccc2o1. The number of benzene rings is 1. The highest BCUT2D eigenvalue weighted by atomic mass is 16.3. The Morgan fingerprint density at radius 2 is 2.33 bits per heavy atom. The smallest absolute Gasteiger partial charge is 0.287 e. The lowest BCUT2D eigenvalue weighted by Crippen LogP contribution is -2.39. The lowest BCUT2D eigenvalue weighted by molar-refractivity contribution is 0.0916. The van der Waals surface area contributed by atoms with Gasteiger partial charge in [0.1, 0.15) is 5.58 Å². The maximum absolute atomic E-state index is 12.2. The van der Waals surface area contributed by atoms with E-state index < -0.39 is 0 Å². The molecule has 1 aliphatic rings. The molecule has 0 radical (unpaired) electrons. The van der Waals surface area contributed by atoms with Crippen LogP contribution >= 0.6 is 0 Å². The largest absolute Gasteiger partial charge is 0.451 e. The molecule has 5 nitrogen and oxygen atoms in total. The first kappa shape index (κ1) is 13.9. The van der Waals surface area contributed by atoms with Crippen molar-refractivity contribution in [2.75, 3.05) is 25.4 Å². The first-order valence-corrected chi connectivity index (χ1v) is 7.48. The zero-order valence-electron chi connectivity index (χ0n) is 12.3. The predicted octanol–water partition coefficient (Wildman–Crippen LogP) is 2.23. The minimum Gasteiger partial charge on any atom is -0.451 e. The van der Waals surface area contributed by atoms with E-state index in [0.717, 1.165) is 24.9 Å².